The van der Waals surface area contributed by atoms with Gasteiger partial charge in [0.1, 0.15) is 19.5 Å². The normalized spacial score (nSPS) is 10.1. The van der Waals surface area contributed by atoms with Gasteiger partial charge < -0.3 is 14.3 Å². The molecule has 12 heavy (non-hydrogen) atoms. The van der Waals surface area contributed by atoms with Crippen LogP contribution in [0.15, 0.2) is 0 Å². The maximum absolute atomic E-state index is 10.4. The standard InChI is InChI=1S/C7H10O5/c1-7(2-8,3-11-5-9)4-12-6-10/h2,5-6H,3-4H2,1H3. The van der Waals surface area contributed by atoms with Crippen molar-refractivity contribution in [2.45, 2.75) is 6.92 Å². The summed E-state index contributed by atoms with van der Waals surface area (Å²) in [6.45, 7) is 1.82. The second-order valence-corrected chi connectivity index (χ2v) is 2.59. The molecule has 0 aliphatic rings. The lowest BCUT2D eigenvalue weighted by Crippen LogP contribution is -2.30. The lowest BCUT2D eigenvalue weighted by atomic mass is 9.95. The smallest absolute Gasteiger partial charge is 0.293 e. The average Bonchev–Trinajstić information content (AvgIpc) is 2.11. The molecule has 0 aromatic heterocycles. The van der Waals surface area contributed by atoms with Crippen LogP contribution in [0.4, 0.5) is 0 Å². The van der Waals surface area contributed by atoms with E-state index >= 15 is 0 Å². The van der Waals surface area contributed by atoms with Crippen molar-refractivity contribution < 1.29 is 23.9 Å². The van der Waals surface area contributed by atoms with E-state index in [-0.39, 0.29) is 26.2 Å². The number of rotatable bonds is 7. The van der Waals surface area contributed by atoms with E-state index in [1.54, 1.807) is 0 Å². The Balaban J connectivity index is 3.93. The number of hydrogen-bond acceptors (Lipinski definition) is 5. The molecule has 0 fully saturated rings. The molecule has 5 heteroatoms. The van der Waals surface area contributed by atoms with Gasteiger partial charge in [0.25, 0.3) is 12.9 Å². The van der Waals surface area contributed by atoms with Crippen molar-refractivity contribution in [3.8, 4) is 0 Å². The fraction of sp³-hybridized carbons (Fsp3) is 0.571. The van der Waals surface area contributed by atoms with Gasteiger partial charge in [0.2, 0.25) is 0 Å². The van der Waals surface area contributed by atoms with Gasteiger partial charge in [-0.15, -0.1) is 0 Å². The first-order chi connectivity index (χ1) is 5.68. The molecule has 0 aromatic rings. The SMILES string of the molecule is CC(C=O)(COC=O)COC=O. The molecule has 0 bridgehead atoms. The largest absolute Gasteiger partial charge is 0.467 e. The summed E-state index contributed by atoms with van der Waals surface area (Å²) in [6.07, 6.45) is 0.583. The lowest BCUT2D eigenvalue weighted by Gasteiger charge is -2.19. The molecule has 0 heterocycles. The highest BCUT2D eigenvalue weighted by Gasteiger charge is 2.25. The average molecular weight is 174 g/mol. The van der Waals surface area contributed by atoms with E-state index in [1.807, 2.05) is 0 Å². The Morgan fingerprint density at radius 3 is 1.75 bits per heavy atom. The van der Waals surface area contributed by atoms with Crippen LogP contribution in [0.2, 0.25) is 0 Å². The second kappa shape index (κ2) is 5.29. The molecule has 0 amide bonds. The summed E-state index contributed by atoms with van der Waals surface area (Å²) in [6, 6.07) is 0. The van der Waals surface area contributed by atoms with Gasteiger partial charge >= 0.3 is 0 Å². The van der Waals surface area contributed by atoms with Crippen molar-refractivity contribution in [3.05, 3.63) is 0 Å². The van der Waals surface area contributed by atoms with Gasteiger partial charge in [0, 0.05) is 0 Å². The quantitative estimate of drug-likeness (QED) is 0.488. The summed E-state index contributed by atoms with van der Waals surface area (Å²) in [5, 5.41) is 0. The van der Waals surface area contributed by atoms with Gasteiger partial charge in [-0.1, -0.05) is 0 Å². The van der Waals surface area contributed by atoms with Crippen molar-refractivity contribution in [1.82, 2.24) is 0 Å². The number of carbonyl (C=O) groups excluding carboxylic acids is 3. The van der Waals surface area contributed by atoms with E-state index in [9.17, 15) is 14.4 Å². The van der Waals surface area contributed by atoms with E-state index in [4.69, 9.17) is 0 Å². The van der Waals surface area contributed by atoms with E-state index < -0.39 is 5.41 Å². The molecule has 0 radical (unpaired) electrons. The van der Waals surface area contributed by atoms with Gasteiger partial charge in [0.15, 0.2) is 0 Å². The number of hydrogen-bond donors (Lipinski definition) is 0. The van der Waals surface area contributed by atoms with Crippen molar-refractivity contribution in [2.24, 2.45) is 5.41 Å². The molecular formula is C7H10O5. The maximum atomic E-state index is 10.4. The number of carbonyl (C=O) groups is 3. The molecule has 0 aromatic carbocycles. The van der Waals surface area contributed by atoms with Crippen LogP contribution in [0, 0.1) is 5.41 Å². The summed E-state index contributed by atoms with van der Waals surface area (Å²) in [5.74, 6) is 0. The summed E-state index contributed by atoms with van der Waals surface area (Å²) in [7, 11) is 0. The Bertz CT molecular complexity index is 153. The second-order valence-electron chi connectivity index (χ2n) is 2.59. The van der Waals surface area contributed by atoms with Gasteiger partial charge in [-0.2, -0.15) is 0 Å². The van der Waals surface area contributed by atoms with Crippen LogP contribution in [0.5, 0.6) is 0 Å². The van der Waals surface area contributed by atoms with Crippen molar-refractivity contribution in [3.63, 3.8) is 0 Å². The van der Waals surface area contributed by atoms with E-state index in [2.05, 4.69) is 9.47 Å². The summed E-state index contributed by atoms with van der Waals surface area (Å²) in [5.41, 5.74) is -0.943. The third-order valence-electron chi connectivity index (χ3n) is 1.25. The molecule has 0 aliphatic heterocycles. The third kappa shape index (κ3) is 3.70. The van der Waals surface area contributed by atoms with Crippen LogP contribution < -0.4 is 0 Å². The molecule has 0 unspecified atom stereocenters. The highest BCUT2D eigenvalue weighted by atomic mass is 16.5. The summed E-state index contributed by atoms with van der Waals surface area (Å²) in [4.78, 5) is 30.0. The predicted octanol–water partition coefficient (Wildman–Crippen LogP) is -0.462. The monoisotopic (exact) mass is 174 g/mol. The molecule has 68 valence electrons. The molecule has 0 aliphatic carbocycles. The Hall–Kier alpha value is -1.39. The number of aldehydes is 1. The molecule has 0 saturated heterocycles. The fourth-order valence-corrected chi connectivity index (χ4v) is 0.558. The lowest BCUT2D eigenvalue weighted by molar-refractivity contribution is -0.140. The third-order valence-corrected chi connectivity index (χ3v) is 1.25. The number of ether oxygens (including phenoxy) is 2. The Morgan fingerprint density at radius 2 is 1.50 bits per heavy atom. The molecule has 0 spiro atoms. The molecule has 0 saturated carbocycles. The predicted molar refractivity (Wildman–Crippen MR) is 38.2 cm³/mol. The van der Waals surface area contributed by atoms with Crippen molar-refractivity contribution in [2.75, 3.05) is 13.2 Å². The van der Waals surface area contributed by atoms with Crippen LogP contribution >= 0.6 is 0 Å². The maximum Gasteiger partial charge on any atom is 0.293 e. The van der Waals surface area contributed by atoms with Crippen LogP contribution in [0.1, 0.15) is 6.92 Å². The topological polar surface area (TPSA) is 69.7 Å². The van der Waals surface area contributed by atoms with Gasteiger partial charge in [0.05, 0.1) is 5.41 Å². The van der Waals surface area contributed by atoms with Gasteiger partial charge in [-0.05, 0) is 6.92 Å². The summed E-state index contributed by atoms with van der Waals surface area (Å²) < 4.78 is 8.76. The van der Waals surface area contributed by atoms with E-state index in [0.29, 0.717) is 6.29 Å². The summed E-state index contributed by atoms with van der Waals surface area (Å²) >= 11 is 0. The minimum Gasteiger partial charge on any atom is -0.467 e. The van der Waals surface area contributed by atoms with Crippen molar-refractivity contribution >= 4 is 19.2 Å². The van der Waals surface area contributed by atoms with Crippen LogP contribution in [-0.4, -0.2) is 32.4 Å². The first-order valence-corrected chi connectivity index (χ1v) is 3.25. The van der Waals surface area contributed by atoms with Crippen LogP contribution in [-0.2, 0) is 23.9 Å². The minimum absolute atomic E-state index is 0.0894. The fourth-order valence-electron chi connectivity index (χ4n) is 0.558. The Morgan fingerprint density at radius 1 is 1.08 bits per heavy atom. The first-order valence-electron chi connectivity index (χ1n) is 3.25. The molecule has 0 atom stereocenters. The molecule has 0 rings (SSSR count). The zero-order chi connectivity index (χ0) is 9.45. The van der Waals surface area contributed by atoms with Crippen LogP contribution in [0.3, 0.4) is 0 Å². The van der Waals surface area contributed by atoms with E-state index in [1.165, 1.54) is 6.92 Å². The Kier molecular flexibility index (Phi) is 4.67. The highest BCUT2D eigenvalue weighted by Crippen LogP contribution is 2.12. The van der Waals surface area contributed by atoms with Gasteiger partial charge in [-0.3, -0.25) is 9.59 Å². The first kappa shape index (κ1) is 10.6. The zero-order valence-corrected chi connectivity index (χ0v) is 6.69. The minimum atomic E-state index is -0.943. The molecule has 5 nitrogen and oxygen atoms in total. The van der Waals surface area contributed by atoms with Crippen molar-refractivity contribution in [1.29, 1.82) is 0 Å². The Labute approximate surface area is 69.6 Å². The highest BCUT2D eigenvalue weighted by molar-refractivity contribution is 5.60. The van der Waals surface area contributed by atoms with E-state index in [0.717, 1.165) is 0 Å². The van der Waals surface area contributed by atoms with Crippen LogP contribution in [0.25, 0.3) is 0 Å². The molecular weight excluding hydrogens is 164 g/mol. The molecule has 0 N–H and O–H groups in total. The zero-order valence-electron chi connectivity index (χ0n) is 6.69. The van der Waals surface area contributed by atoms with Gasteiger partial charge in [-0.25, -0.2) is 0 Å².